The summed E-state index contributed by atoms with van der Waals surface area (Å²) in [6.07, 6.45) is 0. The summed E-state index contributed by atoms with van der Waals surface area (Å²) in [6.45, 7) is 6.91. The molecular formula is C11H18N4O2. The molecule has 17 heavy (non-hydrogen) atoms. The van der Waals surface area contributed by atoms with E-state index in [1.165, 1.54) is 6.07 Å². The Kier molecular flexibility index (Phi) is 4.68. The number of aromatic nitrogens is 2. The number of nitrogens with one attached hydrogen (secondary N) is 2. The molecule has 0 aromatic carbocycles. The van der Waals surface area contributed by atoms with Gasteiger partial charge in [0.1, 0.15) is 11.6 Å². The molecule has 0 bridgehead atoms. The number of likely N-dealkylation sites (N-methyl/N-ethyl adjacent to an activating group) is 2. The molecule has 0 aliphatic carbocycles. The van der Waals surface area contributed by atoms with Crippen LogP contribution in [0.2, 0.25) is 0 Å². The van der Waals surface area contributed by atoms with Crippen LogP contribution in [0.15, 0.2) is 10.9 Å². The van der Waals surface area contributed by atoms with Gasteiger partial charge in [-0.15, -0.1) is 0 Å². The smallest absolute Gasteiger partial charge is 0.252 e. The van der Waals surface area contributed by atoms with E-state index in [9.17, 15) is 9.59 Å². The first-order valence-corrected chi connectivity index (χ1v) is 5.66. The highest BCUT2D eigenvalue weighted by molar-refractivity contribution is 5.80. The van der Waals surface area contributed by atoms with E-state index in [0.717, 1.165) is 0 Å². The number of H-pyrrole nitrogens is 1. The minimum absolute atomic E-state index is 0.0749. The summed E-state index contributed by atoms with van der Waals surface area (Å²) in [5.74, 6) is 0.996. The number of aromatic amines is 1. The van der Waals surface area contributed by atoms with Crippen molar-refractivity contribution in [2.24, 2.45) is 0 Å². The van der Waals surface area contributed by atoms with Gasteiger partial charge in [0.25, 0.3) is 5.56 Å². The molecule has 1 aromatic heterocycles. The van der Waals surface area contributed by atoms with E-state index in [1.54, 1.807) is 11.8 Å². The molecule has 1 rings (SSSR count). The molecule has 6 heteroatoms. The number of carbonyl (C=O) groups excluding carboxylic acids is 1. The Labute approximate surface area is 100 Å². The third-order valence-corrected chi connectivity index (χ3v) is 2.26. The van der Waals surface area contributed by atoms with Crippen molar-refractivity contribution in [3.8, 4) is 0 Å². The second-order valence-electron chi connectivity index (χ2n) is 3.66. The van der Waals surface area contributed by atoms with Gasteiger partial charge in [0.05, 0.1) is 6.54 Å². The highest BCUT2D eigenvalue weighted by atomic mass is 16.2. The summed E-state index contributed by atoms with van der Waals surface area (Å²) in [7, 11) is 0. The summed E-state index contributed by atoms with van der Waals surface area (Å²) >= 11 is 0. The van der Waals surface area contributed by atoms with Crippen LogP contribution >= 0.6 is 0 Å². The Morgan fingerprint density at radius 2 is 2.24 bits per heavy atom. The molecular weight excluding hydrogens is 220 g/mol. The zero-order valence-corrected chi connectivity index (χ0v) is 10.4. The normalized spacial score (nSPS) is 10.1. The fourth-order valence-corrected chi connectivity index (χ4v) is 1.51. The van der Waals surface area contributed by atoms with E-state index in [0.29, 0.717) is 24.7 Å². The van der Waals surface area contributed by atoms with Crippen LogP contribution < -0.4 is 15.8 Å². The van der Waals surface area contributed by atoms with Crippen molar-refractivity contribution in [2.75, 3.05) is 24.5 Å². The predicted octanol–water partition coefficient (Wildman–Crippen LogP) is 0.0407. The number of carbonyl (C=O) groups is 1. The Hall–Kier alpha value is -1.85. The highest BCUT2D eigenvalue weighted by Crippen LogP contribution is 2.06. The van der Waals surface area contributed by atoms with Crippen LogP contribution in [0.1, 0.15) is 19.7 Å². The van der Waals surface area contributed by atoms with Gasteiger partial charge in [0, 0.05) is 19.2 Å². The largest absolute Gasteiger partial charge is 0.355 e. The maximum Gasteiger partial charge on any atom is 0.252 e. The number of aryl methyl sites for hydroxylation is 1. The molecule has 1 aromatic rings. The Morgan fingerprint density at radius 1 is 1.53 bits per heavy atom. The van der Waals surface area contributed by atoms with Gasteiger partial charge in [0.15, 0.2) is 0 Å². The Balaban J connectivity index is 2.86. The van der Waals surface area contributed by atoms with Crippen LogP contribution in [0, 0.1) is 6.92 Å². The van der Waals surface area contributed by atoms with Crippen LogP contribution in [-0.2, 0) is 4.79 Å². The second kappa shape index (κ2) is 6.03. The molecule has 6 nitrogen and oxygen atoms in total. The first-order chi connectivity index (χ1) is 8.06. The van der Waals surface area contributed by atoms with Crippen LogP contribution in [0.5, 0.6) is 0 Å². The molecule has 0 spiro atoms. The van der Waals surface area contributed by atoms with Crippen molar-refractivity contribution in [2.45, 2.75) is 20.8 Å². The topological polar surface area (TPSA) is 78.1 Å². The average Bonchev–Trinajstić information content (AvgIpc) is 2.24. The lowest BCUT2D eigenvalue weighted by Crippen LogP contribution is -2.38. The van der Waals surface area contributed by atoms with E-state index in [4.69, 9.17) is 0 Å². The molecule has 0 saturated carbocycles. The van der Waals surface area contributed by atoms with Gasteiger partial charge >= 0.3 is 0 Å². The minimum Gasteiger partial charge on any atom is -0.355 e. The van der Waals surface area contributed by atoms with E-state index >= 15 is 0 Å². The third-order valence-electron chi connectivity index (χ3n) is 2.26. The lowest BCUT2D eigenvalue weighted by Gasteiger charge is -2.21. The number of hydrogen-bond donors (Lipinski definition) is 2. The zero-order valence-electron chi connectivity index (χ0n) is 10.4. The van der Waals surface area contributed by atoms with Crippen LogP contribution in [0.4, 0.5) is 5.82 Å². The quantitative estimate of drug-likeness (QED) is 0.759. The average molecular weight is 238 g/mol. The number of anilines is 1. The molecule has 94 valence electrons. The van der Waals surface area contributed by atoms with E-state index in [-0.39, 0.29) is 18.0 Å². The molecule has 1 amide bonds. The summed E-state index contributed by atoms with van der Waals surface area (Å²) in [6, 6.07) is 1.40. The van der Waals surface area contributed by atoms with Crippen LogP contribution in [-0.4, -0.2) is 35.5 Å². The first kappa shape index (κ1) is 13.2. The number of amides is 1. The molecule has 0 aliphatic heterocycles. The SMILES string of the molecule is CCNC(=O)CN(CC)c1cc(=O)[nH]c(C)n1. The van der Waals surface area contributed by atoms with Crippen LogP contribution in [0.3, 0.4) is 0 Å². The van der Waals surface area contributed by atoms with Crippen molar-refractivity contribution < 1.29 is 4.79 Å². The first-order valence-electron chi connectivity index (χ1n) is 5.66. The van der Waals surface area contributed by atoms with Crippen molar-refractivity contribution in [3.05, 3.63) is 22.2 Å². The standard InChI is InChI=1S/C11H18N4O2/c1-4-12-11(17)7-15(5-2)9-6-10(16)14-8(3)13-9/h6H,4-5,7H2,1-3H3,(H,12,17)(H,13,14,16). The fraction of sp³-hybridized carbons (Fsp3) is 0.545. The zero-order chi connectivity index (χ0) is 12.8. The van der Waals surface area contributed by atoms with Gasteiger partial charge in [0.2, 0.25) is 5.91 Å². The molecule has 0 fully saturated rings. The monoisotopic (exact) mass is 238 g/mol. The summed E-state index contributed by atoms with van der Waals surface area (Å²) in [4.78, 5) is 31.3. The van der Waals surface area contributed by atoms with E-state index < -0.39 is 0 Å². The maximum absolute atomic E-state index is 11.5. The Morgan fingerprint density at radius 3 is 2.76 bits per heavy atom. The van der Waals surface area contributed by atoms with Gasteiger partial charge < -0.3 is 15.2 Å². The molecule has 0 unspecified atom stereocenters. The predicted molar refractivity (Wildman–Crippen MR) is 66.2 cm³/mol. The Bertz CT molecular complexity index is 441. The molecule has 0 saturated heterocycles. The van der Waals surface area contributed by atoms with Crippen LogP contribution in [0.25, 0.3) is 0 Å². The van der Waals surface area contributed by atoms with Gasteiger partial charge in [-0.3, -0.25) is 9.59 Å². The molecule has 2 N–H and O–H groups in total. The highest BCUT2D eigenvalue weighted by Gasteiger charge is 2.11. The molecule has 0 aliphatic rings. The van der Waals surface area contributed by atoms with Crippen molar-refractivity contribution >= 4 is 11.7 Å². The van der Waals surface area contributed by atoms with Gasteiger partial charge in [-0.25, -0.2) is 4.98 Å². The number of nitrogens with zero attached hydrogens (tertiary/aromatic N) is 2. The number of rotatable bonds is 5. The molecule has 0 radical (unpaired) electrons. The van der Waals surface area contributed by atoms with Gasteiger partial charge in [-0.1, -0.05) is 0 Å². The maximum atomic E-state index is 11.5. The fourth-order valence-electron chi connectivity index (χ4n) is 1.51. The molecule has 0 atom stereocenters. The number of hydrogen-bond acceptors (Lipinski definition) is 4. The minimum atomic E-state index is -0.207. The van der Waals surface area contributed by atoms with Crippen molar-refractivity contribution in [1.29, 1.82) is 0 Å². The summed E-state index contributed by atoms with van der Waals surface area (Å²) in [5.41, 5.74) is -0.207. The van der Waals surface area contributed by atoms with Crippen molar-refractivity contribution in [3.63, 3.8) is 0 Å². The second-order valence-corrected chi connectivity index (χ2v) is 3.66. The van der Waals surface area contributed by atoms with E-state index in [1.807, 2.05) is 13.8 Å². The molecule has 1 heterocycles. The van der Waals surface area contributed by atoms with Gasteiger partial charge in [-0.05, 0) is 20.8 Å². The van der Waals surface area contributed by atoms with Crippen molar-refractivity contribution in [1.82, 2.24) is 15.3 Å². The van der Waals surface area contributed by atoms with Gasteiger partial charge in [-0.2, -0.15) is 0 Å². The van der Waals surface area contributed by atoms with E-state index in [2.05, 4.69) is 15.3 Å². The third kappa shape index (κ3) is 3.90. The summed E-state index contributed by atoms with van der Waals surface area (Å²) < 4.78 is 0. The lowest BCUT2D eigenvalue weighted by molar-refractivity contribution is -0.119. The lowest BCUT2D eigenvalue weighted by atomic mass is 10.4. The summed E-state index contributed by atoms with van der Waals surface area (Å²) in [5, 5.41) is 2.71.